The molecule has 0 aliphatic rings. The molecule has 0 saturated heterocycles. The van der Waals surface area contributed by atoms with Crippen molar-refractivity contribution in [3.05, 3.63) is 58.0 Å². The highest BCUT2D eigenvalue weighted by atomic mass is 79.9. The molecular formula is C20H25Br. The molecule has 0 bridgehead atoms. The van der Waals surface area contributed by atoms with E-state index in [4.69, 9.17) is 5.48 Å². The van der Waals surface area contributed by atoms with E-state index in [1.807, 2.05) is 39.0 Å². The Balaban J connectivity index is 2.87. The largest absolute Gasteiger partial charge is 0.0629 e. The third kappa shape index (κ3) is 3.77. The van der Waals surface area contributed by atoms with Gasteiger partial charge in [-0.15, -0.1) is 0 Å². The lowest BCUT2D eigenvalue weighted by atomic mass is 9.84. The maximum atomic E-state index is 8.50. The van der Waals surface area contributed by atoms with Gasteiger partial charge in [0.1, 0.15) is 0 Å². The Morgan fingerprint density at radius 3 is 1.81 bits per heavy atom. The number of halogens is 1. The first-order chi connectivity index (χ1) is 11.3. The van der Waals surface area contributed by atoms with Gasteiger partial charge in [-0.05, 0) is 45.2 Å². The fraction of sp³-hybridized carbons (Fsp3) is 0.400. The van der Waals surface area contributed by atoms with Crippen LogP contribution >= 0.6 is 15.9 Å². The average Bonchev–Trinajstić information content (AvgIpc) is 2.45. The molecule has 21 heavy (non-hydrogen) atoms. The summed E-state index contributed by atoms with van der Waals surface area (Å²) >= 11 is 3.52. The second kappa shape index (κ2) is 5.61. The minimum absolute atomic E-state index is 0.0117. The van der Waals surface area contributed by atoms with E-state index in [9.17, 15) is 0 Å². The van der Waals surface area contributed by atoms with Crippen LogP contribution in [0.1, 0.15) is 58.2 Å². The van der Waals surface area contributed by atoms with Crippen LogP contribution in [0, 0.1) is 0 Å². The average molecular weight is 349 g/mol. The van der Waals surface area contributed by atoms with Gasteiger partial charge in [0.25, 0.3) is 0 Å². The van der Waals surface area contributed by atoms with Gasteiger partial charge in [0.15, 0.2) is 0 Å². The van der Waals surface area contributed by atoms with E-state index < -0.39 is 5.41 Å². The van der Waals surface area contributed by atoms with Crippen molar-refractivity contribution in [2.75, 3.05) is 0 Å². The molecule has 0 N–H and O–H groups in total. The van der Waals surface area contributed by atoms with E-state index in [0.717, 1.165) is 10.0 Å². The second-order valence-corrected chi connectivity index (χ2v) is 8.30. The lowest BCUT2D eigenvalue weighted by molar-refractivity contribution is 0.590. The fourth-order valence-electron chi connectivity index (χ4n) is 2.01. The highest BCUT2D eigenvalue weighted by Gasteiger charge is 2.17. The van der Waals surface area contributed by atoms with Gasteiger partial charge >= 0.3 is 0 Å². The maximum absolute atomic E-state index is 8.50. The normalized spacial score (nSPS) is 15.2. The molecule has 0 aromatic heterocycles. The lowest BCUT2D eigenvalue weighted by Crippen LogP contribution is -2.11. The molecule has 0 aliphatic heterocycles. The third-order valence-corrected chi connectivity index (χ3v) is 4.17. The maximum Gasteiger partial charge on any atom is 0.0629 e. The summed E-state index contributed by atoms with van der Waals surface area (Å²) in [4.78, 5) is 0. The van der Waals surface area contributed by atoms with Gasteiger partial charge in [0, 0.05) is 4.47 Å². The Bertz CT molecular complexity index is 798. The van der Waals surface area contributed by atoms with Crippen molar-refractivity contribution in [3.63, 3.8) is 0 Å². The molecular weight excluding hydrogens is 320 g/mol. The van der Waals surface area contributed by atoms with Gasteiger partial charge in [-0.25, -0.2) is 0 Å². The van der Waals surface area contributed by atoms with E-state index in [1.54, 1.807) is 0 Å². The lowest BCUT2D eigenvalue weighted by Gasteiger charge is -2.21. The Morgan fingerprint density at radius 2 is 1.33 bits per heavy atom. The van der Waals surface area contributed by atoms with Crippen LogP contribution in [0.3, 0.4) is 0 Å². The van der Waals surface area contributed by atoms with Gasteiger partial charge < -0.3 is 0 Å². The molecule has 2 aromatic rings. The molecule has 0 saturated carbocycles. The van der Waals surface area contributed by atoms with E-state index >= 15 is 0 Å². The Kier molecular flexibility index (Phi) is 3.07. The first kappa shape index (κ1) is 11.5. The third-order valence-electron chi connectivity index (χ3n) is 3.48. The van der Waals surface area contributed by atoms with E-state index in [2.05, 4.69) is 36.7 Å². The SMILES string of the molecule is [2H]c1c([2H])c(C(C)(C)C)c([2H])c([2H])c1-c1cc(C(C)(C)C)ccc1Br. The van der Waals surface area contributed by atoms with E-state index in [-0.39, 0.29) is 29.6 Å². The van der Waals surface area contributed by atoms with Crippen molar-refractivity contribution in [3.8, 4) is 11.1 Å². The Labute approximate surface area is 143 Å². The molecule has 112 valence electrons. The highest BCUT2D eigenvalue weighted by Crippen LogP contribution is 2.34. The van der Waals surface area contributed by atoms with Crippen LogP contribution in [0.15, 0.2) is 46.8 Å². The minimum atomic E-state index is -0.456. The zero-order chi connectivity index (χ0) is 19.3. The molecule has 0 amide bonds. The summed E-state index contributed by atoms with van der Waals surface area (Å²) in [6.07, 6.45) is 0. The molecule has 1 heteroatoms. The van der Waals surface area contributed by atoms with Crippen LogP contribution in [0.2, 0.25) is 0 Å². The molecule has 0 aliphatic carbocycles. The minimum Gasteiger partial charge on any atom is -0.0579 e. The number of rotatable bonds is 1. The summed E-state index contributed by atoms with van der Waals surface area (Å²) in [7, 11) is 0. The molecule has 0 heterocycles. The number of hydrogen-bond donors (Lipinski definition) is 0. The number of hydrogen-bond acceptors (Lipinski definition) is 0. The van der Waals surface area contributed by atoms with Crippen molar-refractivity contribution in [1.29, 1.82) is 0 Å². The first-order valence-electron chi connectivity index (χ1n) is 9.18. The van der Waals surface area contributed by atoms with Gasteiger partial charge in [-0.2, -0.15) is 0 Å². The van der Waals surface area contributed by atoms with Crippen LogP contribution < -0.4 is 0 Å². The zero-order valence-electron chi connectivity index (χ0n) is 17.6. The van der Waals surface area contributed by atoms with Crippen molar-refractivity contribution in [2.24, 2.45) is 0 Å². The van der Waals surface area contributed by atoms with Gasteiger partial charge in [-0.1, -0.05) is 87.7 Å². The van der Waals surface area contributed by atoms with Crippen LogP contribution in [0.4, 0.5) is 0 Å². The molecule has 0 nitrogen and oxygen atoms in total. The van der Waals surface area contributed by atoms with Crippen molar-refractivity contribution < 1.29 is 5.48 Å². The smallest absolute Gasteiger partial charge is 0.0579 e. The molecule has 0 fully saturated rings. The summed E-state index contributed by atoms with van der Waals surface area (Å²) in [5.74, 6) is 0. The quantitative estimate of drug-likeness (QED) is 0.537. The molecule has 2 aromatic carbocycles. The van der Waals surface area contributed by atoms with Crippen LogP contribution in [-0.2, 0) is 10.8 Å². The Hall–Kier alpha value is -1.08. The van der Waals surface area contributed by atoms with Gasteiger partial charge in [0.05, 0.1) is 5.48 Å². The summed E-state index contributed by atoms with van der Waals surface area (Å²) in [5, 5.41) is 0. The van der Waals surface area contributed by atoms with E-state index in [0.29, 0.717) is 16.7 Å². The van der Waals surface area contributed by atoms with Crippen molar-refractivity contribution in [1.82, 2.24) is 0 Å². The van der Waals surface area contributed by atoms with Crippen LogP contribution in [-0.4, -0.2) is 0 Å². The summed E-state index contributed by atoms with van der Waals surface area (Å²) in [5.41, 5.74) is 2.06. The number of benzene rings is 2. The van der Waals surface area contributed by atoms with E-state index in [1.165, 1.54) is 0 Å². The van der Waals surface area contributed by atoms with Crippen molar-refractivity contribution in [2.45, 2.75) is 52.4 Å². The topological polar surface area (TPSA) is 0 Å². The zero-order valence-corrected chi connectivity index (χ0v) is 15.2. The molecule has 0 unspecified atom stereocenters. The predicted octanol–water partition coefficient (Wildman–Crippen LogP) is 6.71. The standard InChI is InChI=1S/C20H25Br/c1-19(2,3)15-9-7-14(8-10-15)17-13-16(20(4,5)6)11-12-18(17)21/h7-13H,1-6H3/i7D,8D,9D,10D. The highest BCUT2D eigenvalue weighted by molar-refractivity contribution is 9.10. The first-order valence-corrected chi connectivity index (χ1v) is 7.97. The molecule has 0 spiro atoms. The fourth-order valence-corrected chi connectivity index (χ4v) is 2.45. The molecule has 0 radical (unpaired) electrons. The van der Waals surface area contributed by atoms with Crippen LogP contribution in [0.5, 0.6) is 0 Å². The van der Waals surface area contributed by atoms with Crippen LogP contribution in [0.25, 0.3) is 11.1 Å². The summed E-state index contributed by atoms with van der Waals surface area (Å²) < 4.78 is 34.6. The second-order valence-electron chi connectivity index (χ2n) is 7.44. The molecule has 0 atom stereocenters. The summed E-state index contributed by atoms with van der Waals surface area (Å²) in [6.45, 7) is 12.1. The monoisotopic (exact) mass is 348 g/mol. The summed E-state index contributed by atoms with van der Waals surface area (Å²) in [6, 6.07) is 6.00. The van der Waals surface area contributed by atoms with Gasteiger partial charge in [-0.3, -0.25) is 0 Å². The Morgan fingerprint density at radius 1 is 0.810 bits per heavy atom. The molecule has 2 rings (SSSR count). The van der Waals surface area contributed by atoms with Crippen molar-refractivity contribution >= 4 is 15.9 Å². The predicted molar refractivity (Wildman–Crippen MR) is 97.0 cm³/mol. The van der Waals surface area contributed by atoms with Gasteiger partial charge in [0.2, 0.25) is 0 Å².